The van der Waals surface area contributed by atoms with E-state index in [1.165, 1.54) is 366 Å². The molecule has 2 unspecified atom stereocenters. The zero-order chi connectivity index (χ0) is 64.2. The number of hydrogen-bond acceptors (Lipinski definition) is 5. The van der Waals surface area contributed by atoms with Crippen molar-refractivity contribution in [3.8, 4) is 0 Å². The number of ether oxygens (including phenoxy) is 1. The Morgan fingerprint density at radius 1 is 0.315 bits per heavy atom. The third-order valence-electron chi connectivity index (χ3n) is 18.8. The third kappa shape index (κ3) is 74.7. The minimum absolute atomic E-state index is 0.0143. The van der Waals surface area contributed by atoms with Crippen molar-refractivity contribution in [1.29, 1.82) is 0 Å². The topological polar surface area (TPSA) is 95.9 Å². The third-order valence-corrected chi connectivity index (χ3v) is 18.8. The van der Waals surface area contributed by atoms with Crippen molar-refractivity contribution in [2.45, 2.75) is 456 Å². The Labute approximate surface area is 556 Å². The van der Waals surface area contributed by atoms with Gasteiger partial charge in [-0.15, -0.1) is 0 Å². The molecule has 2 atom stereocenters. The van der Waals surface area contributed by atoms with Gasteiger partial charge in [-0.05, 0) is 89.9 Å². The second-order valence-corrected chi connectivity index (χ2v) is 27.7. The van der Waals surface area contributed by atoms with Crippen LogP contribution < -0.4 is 5.32 Å². The van der Waals surface area contributed by atoms with Crippen LogP contribution in [0.1, 0.15) is 444 Å². The number of aliphatic hydroxyl groups is 2. The van der Waals surface area contributed by atoms with Crippen LogP contribution in [0.3, 0.4) is 0 Å². The average Bonchev–Trinajstić information content (AvgIpc) is 3.67. The van der Waals surface area contributed by atoms with Gasteiger partial charge in [0, 0.05) is 12.8 Å². The van der Waals surface area contributed by atoms with Crippen LogP contribution in [0.2, 0.25) is 0 Å². The Morgan fingerprint density at radius 3 is 0.876 bits per heavy atom. The summed E-state index contributed by atoms with van der Waals surface area (Å²) >= 11 is 0. The summed E-state index contributed by atoms with van der Waals surface area (Å²) in [7, 11) is 0. The van der Waals surface area contributed by atoms with Crippen LogP contribution in [0, 0.1) is 0 Å². The first-order valence-corrected chi connectivity index (χ1v) is 40.4. The van der Waals surface area contributed by atoms with E-state index in [-0.39, 0.29) is 18.5 Å². The standard InChI is InChI=1S/C83H157NO5/c1-3-5-7-9-11-13-15-17-19-21-45-49-53-57-61-65-69-73-77-83(88)89-78-74-70-66-62-58-54-50-46-42-40-38-36-34-32-30-28-26-24-22-23-25-27-29-31-33-35-37-39-41-44-48-52-56-60-64-68-72-76-82(87)84-80(79-85)81(86)75-71-67-63-59-55-51-47-43-20-18-16-14-12-10-8-6-4-2/h13,15,19,21-22,24,71,75,80-81,85-86H,3-12,14,16-18,20,23,25-70,72-74,76-79H2,1-2H3,(H,84,87)/b15-13-,21-19-,24-22-,75-71+. The van der Waals surface area contributed by atoms with Crippen LogP contribution in [0.25, 0.3) is 0 Å². The van der Waals surface area contributed by atoms with Gasteiger partial charge in [-0.25, -0.2) is 0 Å². The summed E-state index contributed by atoms with van der Waals surface area (Å²) in [5.74, 6) is -0.0464. The summed E-state index contributed by atoms with van der Waals surface area (Å²) in [6.45, 7) is 4.93. The summed E-state index contributed by atoms with van der Waals surface area (Å²) < 4.78 is 5.51. The molecule has 0 aromatic heterocycles. The number of unbranched alkanes of at least 4 members (excludes halogenated alkanes) is 59. The van der Waals surface area contributed by atoms with Crippen molar-refractivity contribution < 1.29 is 24.5 Å². The van der Waals surface area contributed by atoms with E-state index in [0.717, 1.165) is 51.4 Å². The molecule has 89 heavy (non-hydrogen) atoms. The number of aliphatic hydroxyl groups excluding tert-OH is 2. The van der Waals surface area contributed by atoms with Crippen LogP contribution in [0.5, 0.6) is 0 Å². The summed E-state index contributed by atoms with van der Waals surface area (Å²) in [6.07, 6.45) is 104. The van der Waals surface area contributed by atoms with E-state index in [2.05, 4.69) is 55.6 Å². The van der Waals surface area contributed by atoms with E-state index >= 15 is 0 Å². The maximum Gasteiger partial charge on any atom is 0.305 e. The lowest BCUT2D eigenvalue weighted by atomic mass is 10.0. The van der Waals surface area contributed by atoms with Gasteiger partial charge in [0.05, 0.1) is 25.4 Å². The smallest absolute Gasteiger partial charge is 0.305 e. The lowest BCUT2D eigenvalue weighted by Gasteiger charge is -2.20. The maximum atomic E-state index is 12.5. The molecule has 0 aliphatic carbocycles. The molecule has 6 heteroatoms. The van der Waals surface area contributed by atoms with Gasteiger partial charge in [0.1, 0.15) is 0 Å². The van der Waals surface area contributed by atoms with Crippen molar-refractivity contribution in [1.82, 2.24) is 5.32 Å². The van der Waals surface area contributed by atoms with Crippen molar-refractivity contribution in [3.63, 3.8) is 0 Å². The minimum Gasteiger partial charge on any atom is -0.466 e. The molecule has 0 aliphatic heterocycles. The molecule has 0 aromatic rings. The Bertz CT molecular complexity index is 1490. The summed E-state index contributed by atoms with van der Waals surface area (Å²) in [5.41, 5.74) is 0. The summed E-state index contributed by atoms with van der Waals surface area (Å²) in [6, 6.07) is -0.626. The molecule has 0 saturated heterocycles. The summed E-state index contributed by atoms with van der Waals surface area (Å²) in [5, 5.41) is 23.2. The van der Waals surface area contributed by atoms with Gasteiger partial charge >= 0.3 is 5.97 Å². The van der Waals surface area contributed by atoms with Crippen LogP contribution in [-0.4, -0.2) is 47.4 Å². The van der Waals surface area contributed by atoms with Gasteiger partial charge in [0.25, 0.3) is 0 Å². The first kappa shape index (κ1) is 86.8. The Hall–Kier alpha value is -2.18. The Kier molecular flexibility index (Phi) is 76.3. The van der Waals surface area contributed by atoms with Crippen molar-refractivity contribution >= 4 is 11.9 Å². The molecule has 6 nitrogen and oxygen atoms in total. The van der Waals surface area contributed by atoms with Crippen LogP contribution in [0.15, 0.2) is 48.6 Å². The minimum atomic E-state index is -0.842. The lowest BCUT2D eigenvalue weighted by molar-refractivity contribution is -0.143. The normalized spacial score (nSPS) is 12.7. The first-order chi connectivity index (χ1) is 44.0. The zero-order valence-electron chi connectivity index (χ0n) is 60.2. The highest BCUT2D eigenvalue weighted by atomic mass is 16.5. The van der Waals surface area contributed by atoms with Crippen LogP contribution >= 0.6 is 0 Å². The van der Waals surface area contributed by atoms with Crippen LogP contribution in [-0.2, 0) is 14.3 Å². The summed E-state index contributed by atoms with van der Waals surface area (Å²) in [4.78, 5) is 24.6. The molecule has 0 heterocycles. The number of amides is 1. The average molecular weight is 1250 g/mol. The van der Waals surface area contributed by atoms with Crippen molar-refractivity contribution in [2.75, 3.05) is 13.2 Å². The molecule has 3 N–H and O–H groups in total. The fourth-order valence-corrected chi connectivity index (χ4v) is 12.7. The van der Waals surface area contributed by atoms with E-state index in [1.807, 2.05) is 6.08 Å². The van der Waals surface area contributed by atoms with Gasteiger partial charge in [0.2, 0.25) is 5.91 Å². The van der Waals surface area contributed by atoms with Crippen molar-refractivity contribution in [2.24, 2.45) is 0 Å². The van der Waals surface area contributed by atoms with Gasteiger partial charge < -0.3 is 20.3 Å². The predicted molar refractivity (Wildman–Crippen MR) is 393 cm³/mol. The van der Waals surface area contributed by atoms with E-state index in [9.17, 15) is 19.8 Å². The predicted octanol–water partition coefficient (Wildman–Crippen LogP) is 26.8. The second-order valence-electron chi connectivity index (χ2n) is 27.7. The molecule has 0 saturated carbocycles. The largest absolute Gasteiger partial charge is 0.466 e. The molecular weight excluding hydrogens is 1090 g/mol. The van der Waals surface area contributed by atoms with Gasteiger partial charge in [0.15, 0.2) is 0 Å². The molecule has 0 rings (SSSR count). The first-order valence-electron chi connectivity index (χ1n) is 40.4. The van der Waals surface area contributed by atoms with Crippen LogP contribution in [0.4, 0.5) is 0 Å². The molecule has 0 aromatic carbocycles. The quantitative estimate of drug-likeness (QED) is 0.0320. The Balaban J connectivity index is 3.34. The number of esters is 1. The highest BCUT2D eigenvalue weighted by Crippen LogP contribution is 2.19. The SMILES string of the molecule is CCCCCC/C=C\C/C=C\CCCCCCCCCC(=O)OCCCCCCCCCCCCCCCCCC/C=C\CCCCCCCCCCCCCCCCCCCC(=O)NC(CO)C(O)/C=C/CCCCCCCCCCCCCCCCC. The maximum absolute atomic E-state index is 12.5. The molecule has 1 amide bonds. The number of nitrogens with one attached hydrogen (secondary N) is 1. The highest BCUT2D eigenvalue weighted by Gasteiger charge is 2.18. The van der Waals surface area contributed by atoms with Gasteiger partial charge in [-0.1, -0.05) is 390 Å². The zero-order valence-corrected chi connectivity index (χ0v) is 60.2. The van der Waals surface area contributed by atoms with E-state index in [4.69, 9.17) is 4.74 Å². The monoisotopic (exact) mass is 1250 g/mol. The molecule has 0 radical (unpaired) electrons. The number of rotatable bonds is 76. The Morgan fingerprint density at radius 2 is 0.562 bits per heavy atom. The fraction of sp³-hybridized carbons (Fsp3) is 0.880. The highest BCUT2D eigenvalue weighted by molar-refractivity contribution is 5.76. The molecule has 0 fully saturated rings. The molecule has 0 aliphatic rings. The van der Waals surface area contributed by atoms with E-state index in [1.54, 1.807) is 6.08 Å². The molecule has 0 bridgehead atoms. The number of hydrogen-bond donors (Lipinski definition) is 3. The van der Waals surface area contributed by atoms with E-state index < -0.39 is 12.1 Å². The van der Waals surface area contributed by atoms with E-state index in [0.29, 0.717) is 19.4 Å². The number of allylic oxidation sites excluding steroid dienone is 7. The fourth-order valence-electron chi connectivity index (χ4n) is 12.7. The van der Waals surface area contributed by atoms with Gasteiger partial charge in [-0.3, -0.25) is 9.59 Å². The number of carbonyl (C=O) groups excluding carboxylic acids is 2. The van der Waals surface area contributed by atoms with Crippen molar-refractivity contribution in [3.05, 3.63) is 48.6 Å². The lowest BCUT2D eigenvalue weighted by Crippen LogP contribution is -2.45. The van der Waals surface area contributed by atoms with Gasteiger partial charge in [-0.2, -0.15) is 0 Å². The molecular formula is C83H157NO5. The molecule has 0 spiro atoms. The number of carbonyl (C=O) groups is 2. The second kappa shape index (κ2) is 78.3. The molecule has 524 valence electrons.